The topological polar surface area (TPSA) is 90.5 Å². The van der Waals surface area contributed by atoms with E-state index in [-0.39, 0.29) is 17.7 Å². The van der Waals surface area contributed by atoms with Crippen molar-refractivity contribution in [3.8, 4) is 0 Å². The Morgan fingerprint density at radius 2 is 2.19 bits per heavy atom. The van der Waals surface area contributed by atoms with E-state index in [9.17, 15) is 14.9 Å². The van der Waals surface area contributed by atoms with Crippen LogP contribution in [0.15, 0.2) is 24.4 Å². The normalized spacial score (nSPS) is 26.0. The summed E-state index contributed by atoms with van der Waals surface area (Å²) in [6.07, 6.45) is 7.12. The maximum Gasteiger partial charge on any atom is 0.323 e. The average Bonchev–Trinajstić information content (AvgIpc) is 3.23. The van der Waals surface area contributed by atoms with Gasteiger partial charge >= 0.3 is 5.97 Å². The number of benzene rings is 1. The first-order chi connectivity index (χ1) is 12.6. The van der Waals surface area contributed by atoms with Crippen LogP contribution < -0.4 is 0 Å². The SMILES string of the molecule is COC(=O)[C@@H]1C[C@@H]2CCCC[C@@H]2N1Cn1ncc2cc([N+](=O)[O-])ccc21. The quantitative estimate of drug-likeness (QED) is 0.474. The molecule has 0 N–H and O–H groups in total. The largest absolute Gasteiger partial charge is 0.468 e. The van der Waals surface area contributed by atoms with Crippen molar-refractivity contribution in [2.45, 2.75) is 50.9 Å². The number of carbonyl (C=O) groups excluding carboxylic acids is 1. The van der Waals surface area contributed by atoms with Crippen LogP contribution in [0.25, 0.3) is 10.9 Å². The minimum atomic E-state index is -0.406. The molecule has 2 aromatic rings. The standard InChI is InChI=1S/C18H22N4O4/c1-26-18(23)17-9-12-4-2-3-5-15(12)20(17)11-21-16-7-6-14(22(24)25)8-13(16)10-19-21/h6-8,10,12,15,17H,2-5,9,11H2,1H3/t12-,15-,17-/m0/s1. The molecule has 1 aliphatic heterocycles. The Morgan fingerprint density at radius 3 is 2.96 bits per heavy atom. The van der Waals surface area contributed by atoms with Gasteiger partial charge in [0, 0.05) is 23.6 Å². The Morgan fingerprint density at radius 1 is 1.38 bits per heavy atom. The number of ether oxygens (including phenoxy) is 1. The van der Waals surface area contributed by atoms with Gasteiger partial charge in [0.15, 0.2) is 0 Å². The number of hydrogen-bond donors (Lipinski definition) is 0. The monoisotopic (exact) mass is 358 g/mol. The highest BCUT2D eigenvalue weighted by atomic mass is 16.6. The maximum atomic E-state index is 12.3. The number of nitro groups is 1. The van der Waals surface area contributed by atoms with E-state index in [1.165, 1.54) is 32.1 Å². The first-order valence-electron chi connectivity index (χ1n) is 9.02. The van der Waals surface area contributed by atoms with Gasteiger partial charge in [-0.05, 0) is 31.2 Å². The molecule has 0 spiro atoms. The first kappa shape index (κ1) is 17.0. The summed E-state index contributed by atoms with van der Waals surface area (Å²) in [5.41, 5.74) is 0.886. The summed E-state index contributed by atoms with van der Waals surface area (Å²) in [4.78, 5) is 25.1. The molecule has 3 atom stereocenters. The van der Waals surface area contributed by atoms with Gasteiger partial charge in [0.1, 0.15) is 6.04 Å². The molecule has 8 nitrogen and oxygen atoms in total. The van der Waals surface area contributed by atoms with Crippen LogP contribution in [0.1, 0.15) is 32.1 Å². The van der Waals surface area contributed by atoms with Gasteiger partial charge in [-0.1, -0.05) is 12.8 Å². The molecule has 0 amide bonds. The summed E-state index contributed by atoms with van der Waals surface area (Å²) in [5.74, 6) is 0.335. The third-order valence-corrected chi connectivity index (χ3v) is 5.83. The lowest BCUT2D eigenvalue weighted by Gasteiger charge is -2.33. The second-order valence-corrected chi connectivity index (χ2v) is 7.19. The van der Waals surface area contributed by atoms with E-state index < -0.39 is 4.92 Å². The number of nitrogens with zero attached hydrogens (tertiary/aromatic N) is 4. The summed E-state index contributed by atoms with van der Waals surface area (Å²) in [6, 6.07) is 4.87. The fourth-order valence-electron chi connectivity index (χ4n) is 4.58. The minimum Gasteiger partial charge on any atom is -0.468 e. The predicted molar refractivity (Wildman–Crippen MR) is 94.4 cm³/mol. The van der Waals surface area contributed by atoms with Crippen molar-refractivity contribution >= 4 is 22.6 Å². The number of rotatable bonds is 4. The van der Waals surface area contributed by atoms with Crippen molar-refractivity contribution < 1.29 is 14.5 Å². The van der Waals surface area contributed by atoms with E-state index in [0.717, 1.165) is 30.2 Å². The van der Waals surface area contributed by atoms with E-state index in [2.05, 4.69) is 10.00 Å². The highest BCUT2D eigenvalue weighted by molar-refractivity contribution is 5.81. The fourth-order valence-corrected chi connectivity index (χ4v) is 4.58. The van der Waals surface area contributed by atoms with Crippen molar-refractivity contribution in [2.24, 2.45) is 5.92 Å². The van der Waals surface area contributed by atoms with Crippen LogP contribution in [0, 0.1) is 16.0 Å². The number of nitro benzene ring substituents is 1. The molecule has 2 aliphatic rings. The van der Waals surface area contributed by atoms with E-state index in [1.54, 1.807) is 12.3 Å². The highest BCUT2D eigenvalue weighted by Crippen LogP contribution is 2.40. The lowest BCUT2D eigenvalue weighted by atomic mass is 9.85. The van der Waals surface area contributed by atoms with Crippen molar-refractivity contribution in [1.29, 1.82) is 0 Å². The summed E-state index contributed by atoms with van der Waals surface area (Å²) < 4.78 is 6.86. The van der Waals surface area contributed by atoms with Crippen molar-refractivity contribution in [3.63, 3.8) is 0 Å². The molecule has 4 rings (SSSR count). The van der Waals surface area contributed by atoms with Gasteiger partial charge in [0.25, 0.3) is 5.69 Å². The molecule has 2 heterocycles. The number of likely N-dealkylation sites (tertiary alicyclic amines) is 1. The zero-order valence-electron chi connectivity index (χ0n) is 14.7. The number of carbonyl (C=O) groups is 1. The first-order valence-corrected chi connectivity index (χ1v) is 9.02. The van der Waals surface area contributed by atoms with E-state index >= 15 is 0 Å². The van der Waals surface area contributed by atoms with Gasteiger partial charge < -0.3 is 4.74 Å². The fraction of sp³-hybridized carbons (Fsp3) is 0.556. The van der Waals surface area contributed by atoms with Gasteiger partial charge in [-0.2, -0.15) is 5.10 Å². The number of methoxy groups -OCH3 is 1. The van der Waals surface area contributed by atoms with Crippen LogP contribution in [0.5, 0.6) is 0 Å². The Balaban J connectivity index is 1.64. The molecule has 1 aromatic heterocycles. The zero-order valence-corrected chi connectivity index (χ0v) is 14.7. The molecule has 0 unspecified atom stereocenters. The van der Waals surface area contributed by atoms with Crippen molar-refractivity contribution in [1.82, 2.24) is 14.7 Å². The molecule has 1 saturated carbocycles. The smallest absolute Gasteiger partial charge is 0.323 e. The summed E-state index contributed by atoms with van der Waals surface area (Å²) in [7, 11) is 1.44. The third kappa shape index (κ3) is 2.84. The molecule has 0 bridgehead atoms. The van der Waals surface area contributed by atoms with Crippen molar-refractivity contribution in [3.05, 3.63) is 34.5 Å². The van der Waals surface area contributed by atoms with Crippen molar-refractivity contribution in [2.75, 3.05) is 7.11 Å². The summed E-state index contributed by atoms with van der Waals surface area (Å²) in [5, 5.41) is 16.1. The van der Waals surface area contributed by atoms with E-state index in [4.69, 9.17) is 4.74 Å². The average molecular weight is 358 g/mol. The van der Waals surface area contributed by atoms with Gasteiger partial charge in [0.05, 0.1) is 30.4 Å². The lowest BCUT2D eigenvalue weighted by molar-refractivity contribution is -0.384. The molecule has 26 heavy (non-hydrogen) atoms. The number of hydrogen-bond acceptors (Lipinski definition) is 6. The van der Waals surface area contributed by atoms with Gasteiger partial charge in [0.2, 0.25) is 0 Å². The second-order valence-electron chi connectivity index (χ2n) is 7.19. The molecule has 1 saturated heterocycles. The van der Waals surface area contributed by atoms with Gasteiger partial charge in [-0.3, -0.25) is 24.5 Å². The molecule has 0 radical (unpaired) electrons. The number of fused-ring (bicyclic) bond motifs is 2. The van der Waals surface area contributed by atoms with Crippen LogP contribution in [0.4, 0.5) is 5.69 Å². The molecule has 8 heteroatoms. The van der Waals surface area contributed by atoms with Gasteiger partial charge in [-0.15, -0.1) is 0 Å². The van der Waals surface area contributed by atoms with Crippen LogP contribution in [0.2, 0.25) is 0 Å². The number of esters is 1. The lowest BCUT2D eigenvalue weighted by Crippen LogP contribution is -2.43. The number of non-ortho nitro benzene ring substituents is 1. The van der Waals surface area contributed by atoms with E-state index in [1.807, 2.05) is 4.68 Å². The summed E-state index contributed by atoms with van der Waals surface area (Å²) >= 11 is 0. The van der Waals surface area contributed by atoms with E-state index in [0.29, 0.717) is 18.6 Å². The Hall–Kier alpha value is -2.48. The number of aromatic nitrogens is 2. The highest BCUT2D eigenvalue weighted by Gasteiger charge is 2.45. The molecule has 138 valence electrons. The molecular formula is C18H22N4O4. The molecule has 1 aromatic carbocycles. The Labute approximate surface area is 150 Å². The molecular weight excluding hydrogens is 336 g/mol. The second kappa shape index (κ2) is 6.68. The van der Waals surface area contributed by atoms with Crippen LogP contribution in [-0.4, -0.2) is 44.8 Å². The maximum absolute atomic E-state index is 12.3. The van der Waals surface area contributed by atoms with Crippen LogP contribution in [-0.2, 0) is 16.2 Å². The predicted octanol–water partition coefficient (Wildman–Crippen LogP) is 2.71. The van der Waals surface area contributed by atoms with Crippen LogP contribution in [0.3, 0.4) is 0 Å². The molecule has 2 fully saturated rings. The Bertz CT molecular complexity index is 849. The third-order valence-electron chi connectivity index (χ3n) is 5.83. The van der Waals surface area contributed by atoms with Gasteiger partial charge in [-0.25, -0.2) is 0 Å². The zero-order chi connectivity index (χ0) is 18.3. The Kier molecular flexibility index (Phi) is 4.36. The summed E-state index contributed by atoms with van der Waals surface area (Å²) in [6.45, 7) is 0.488. The molecule has 1 aliphatic carbocycles. The minimum absolute atomic E-state index is 0.0537. The van der Waals surface area contributed by atoms with Crippen LogP contribution >= 0.6 is 0 Å².